The molecule has 1 N–H and O–H groups in total. The summed E-state index contributed by atoms with van der Waals surface area (Å²) in [6.45, 7) is 2.35. The number of rotatable bonds is 5. The lowest BCUT2D eigenvalue weighted by Gasteiger charge is -2.20. The van der Waals surface area contributed by atoms with Gasteiger partial charge in [-0.3, -0.25) is 4.79 Å². The predicted molar refractivity (Wildman–Crippen MR) is 84.0 cm³/mol. The minimum absolute atomic E-state index is 0.0138. The smallest absolute Gasteiger partial charge is 0.223 e. The van der Waals surface area contributed by atoms with Gasteiger partial charge < -0.3 is 10.0 Å². The Morgan fingerprint density at radius 3 is 2.64 bits per heavy atom. The number of carbonyl (C=O) groups is 1. The Hall–Kier alpha value is -2.36. The molecule has 1 amide bonds. The molecule has 0 aromatic heterocycles. The van der Waals surface area contributed by atoms with E-state index < -0.39 is 0 Å². The normalized spacial score (nSPS) is 12.0. The summed E-state index contributed by atoms with van der Waals surface area (Å²) in [4.78, 5) is 13.9. The summed E-state index contributed by atoms with van der Waals surface area (Å²) in [7, 11) is 1.73. The first-order chi connectivity index (χ1) is 10.5. The van der Waals surface area contributed by atoms with Crippen LogP contribution in [0.1, 0.15) is 30.4 Å². The molecule has 0 saturated carbocycles. The third-order valence-electron chi connectivity index (χ3n) is 3.65. The highest BCUT2D eigenvalue weighted by molar-refractivity contribution is 5.76. The minimum Gasteiger partial charge on any atom is -0.508 e. The standard InChI is InChI=1S/C18H20FNO2/c1-13(15-6-4-7-16(19)11-15)9-18(22)20(2)12-14-5-3-8-17(21)10-14/h3-8,10-11,13,21H,9,12H2,1-2H3/t13-/m0/s1. The number of phenols is 1. The van der Waals surface area contributed by atoms with E-state index in [0.29, 0.717) is 13.0 Å². The zero-order valence-electron chi connectivity index (χ0n) is 12.8. The number of hydrogen-bond donors (Lipinski definition) is 1. The van der Waals surface area contributed by atoms with Gasteiger partial charge in [-0.1, -0.05) is 31.2 Å². The van der Waals surface area contributed by atoms with Crippen LogP contribution in [0.25, 0.3) is 0 Å². The minimum atomic E-state index is -0.287. The Labute approximate surface area is 130 Å². The van der Waals surface area contributed by atoms with Crippen LogP contribution in [-0.4, -0.2) is 23.0 Å². The first-order valence-corrected chi connectivity index (χ1v) is 7.23. The molecule has 0 aliphatic rings. The maximum atomic E-state index is 13.2. The summed E-state index contributed by atoms with van der Waals surface area (Å²) in [5.74, 6) is -0.161. The van der Waals surface area contributed by atoms with Crippen LogP contribution in [0, 0.1) is 5.82 Å². The van der Waals surface area contributed by atoms with E-state index in [1.807, 2.05) is 19.1 Å². The average Bonchev–Trinajstić information content (AvgIpc) is 2.47. The van der Waals surface area contributed by atoms with Gasteiger partial charge in [-0.25, -0.2) is 4.39 Å². The van der Waals surface area contributed by atoms with Gasteiger partial charge in [0.25, 0.3) is 0 Å². The summed E-state index contributed by atoms with van der Waals surface area (Å²) in [5, 5.41) is 9.45. The van der Waals surface area contributed by atoms with Gasteiger partial charge in [0.1, 0.15) is 11.6 Å². The van der Waals surface area contributed by atoms with E-state index in [0.717, 1.165) is 11.1 Å². The van der Waals surface area contributed by atoms with Gasteiger partial charge in [0.2, 0.25) is 5.91 Å². The van der Waals surface area contributed by atoms with Gasteiger partial charge in [-0.05, 0) is 41.3 Å². The van der Waals surface area contributed by atoms with Crippen molar-refractivity contribution in [3.63, 3.8) is 0 Å². The van der Waals surface area contributed by atoms with E-state index in [-0.39, 0.29) is 23.4 Å². The van der Waals surface area contributed by atoms with Gasteiger partial charge in [0.15, 0.2) is 0 Å². The second-order valence-electron chi connectivity index (χ2n) is 5.58. The van der Waals surface area contributed by atoms with Crippen LogP contribution in [0.15, 0.2) is 48.5 Å². The average molecular weight is 301 g/mol. The molecule has 116 valence electrons. The van der Waals surface area contributed by atoms with Crippen molar-refractivity contribution < 1.29 is 14.3 Å². The molecule has 22 heavy (non-hydrogen) atoms. The quantitative estimate of drug-likeness (QED) is 0.915. The summed E-state index contributed by atoms with van der Waals surface area (Å²) in [6, 6.07) is 13.2. The predicted octanol–water partition coefficient (Wildman–Crippen LogP) is 3.68. The van der Waals surface area contributed by atoms with Crippen LogP contribution in [0.5, 0.6) is 5.75 Å². The van der Waals surface area contributed by atoms with E-state index in [1.165, 1.54) is 12.1 Å². The van der Waals surface area contributed by atoms with Gasteiger partial charge in [0.05, 0.1) is 0 Å². The van der Waals surface area contributed by atoms with E-state index in [1.54, 1.807) is 36.2 Å². The van der Waals surface area contributed by atoms with Crippen LogP contribution < -0.4 is 0 Å². The fourth-order valence-electron chi connectivity index (χ4n) is 2.37. The number of hydrogen-bond acceptors (Lipinski definition) is 2. The van der Waals surface area contributed by atoms with E-state index in [2.05, 4.69) is 0 Å². The van der Waals surface area contributed by atoms with Crippen LogP contribution in [0.3, 0.4) is 0 Å². The number of carbonyl (C=O) groups excluding carboxylic acids is 1. The zero-order valence-corrected chi connectivity index (χ0v) is 12.8. The molecule has 3 nitrogen and oxygen atoms in total. The largest absolute Gasteiger partial charge is 0.508 e. The van der Waals surface area contributed by atoms with Crippen molar-refractivity contribution in [2.75, 3.05) is 7.05 Å². The molecular formula is C18H20FNO2. The zero-order chi connectivity index (χ0) is 16.1. The van der Waals surface area contributed by atoms with Crippen LogP contribution >= 0.6 is 0 Å². The second kappa shape index (κ2) is 7.07. The van der Waals surface area contributed by atoms with Crippen molar-refractivity contribution in [3.05, 3.63) is 65.5 Å². The molecule has 0 fully saturated rings. The molecule has 2 aromatic carbocycles. The Morgan fingerprint density at radius 2 is 1.95 bits per heavy atom. The number of halogens is 1. The lowest BCUT2D eigenvalue weighted by molar-refractivity contribution is -0.130. The molecule has 0 saturated heterocycles. The molecule has 2 rings (SSSR count). The molecule has 4 heteroatoms. The van der Waals surface area contributed by atoms with E-state index in [4.69, 9.17) is 0 Å². The Bertz CT molecular complexity index is 657. The number of aromatic hydroxyl groups is 1. The number of benzene rings is 2. The third kappa shape index (κ3) is 4.32. The summed E-state index contributed by atoms with van der Waals surface area (Å²) >= 11 is 0. The fourth-order valence-corrected chi connectivity index (χ4v) is 2.37. The monoisotopic (exact) mass is 301 g/mol. The van der Waals surface area contributed by atoms with E-state index in [9.17, 15) is 14.3 Å². The topological polar surface area (TPSA) is 40.5 Å². The fraction of sp³-hybridized carbons (Fsp3) is 0.278. The highest BCUT2D eigenvalue weighted by Crippen LogP contribution is 2.21. The van der Waals surface area contributed by atoms with E-state index >= 15 is 0 Å². The van der Waals surface area contributed by atoms with Crippen LogP contribution in [0.4, 0.5) is 4.39 Å². The highest BCUT2D eigenvalue weighted by Gasteiger charge is 2.15. The van der Waals surface area contributed by atoms with Crippen molar-refractivity contribution in [1.82, 2.24) is 4.90 Å². The van der Waals surface area contributed by atoms with Gasteiger partial charge >= 0.3 is 0 Å². The first kappa shape index (κ1) is 16.0. The van der Waals surface area contributed by atoms with Crippen molar-refractivity contribution in [3.8, 4) is 5.75 Å². The molecule has 0 spiro atoms. The molecule has 0 aliphatic carbocycles. The molecule has 0 unspecified atom stereocenters. The Balaban J connectivity index is 1.96. The number of nitrogens with zero attached hydrogens (tertiary/aromatic N) is 1. The molecule has 0 heterocycles. The van der Waals surface area contributed by atoms with Crippen LogP contribution in [-0.2, 0) is 11.3 Å². The SMILES string of the molecule is C[C@@H](CC(=O)N(C)Cc1cccc(O)c1)c1cccc(F)c1. The molecule has 0 bridgehead atoms. The molecular weight excluding hydrogens is 281 g/mol. The summed E-state index contributed by atoms with van der Waals surface area (Å²) in [6.07, 6.45) is 0.318. The first-order valence-electron chi connectivity index (χ1n) is 7.23. The highest BCUT2D eigenvalue weighted by atomic mass is 19.1. The summed E-state index contributed by atoms with van der Waals surface area (Å²) < 4.78 is 13.2. The molecule has 0 aliphatic heterocycles. The molecule has 2 aromatic rings. The van der Waals surface area contributed by atoms with Crippen molar-refractivity contribution in [2.24, 2.45) is 0 Å². The Kier molecular flexibility index (Phi) is 5.15. The second-order valence-corrected chi connectivity index (χ2v) is 5.58. The van der Waals surface area contributed by atoms with Gasteiger partial charge in [-0.15, -0.1) is 0 Å². The van der Waals surface area contributed by atoms with Crippen LogP contribution in [0.2, 0.25) is 0 Å². The van der Waals surface area contributed by atoms with Crippen molar-refractivity contribution >= 4 is 5.91 Å². The van der Waals surface area contributed by atoms with Crippen molar-refractivity contribution in [2.45, 2.75) is 25.8 Å². The maximum absolute atomic E-state index is 13.2. The van der Waals surface area contributed by atoms with Gasteiger partial charge in [0, 0.05) is 20.0 Å². The number of amides is 1. The molecule has 1 atom stereocenters. The maximum Gasteiger partial charge on any atom is 0.223 e. The lowest BCUT2D eigenvalue weighted by Crippen LogP contribution is -2.27. The number of phenolic OH excluding ortho intramolecular Hbond substituents is 1. The molecule has 0 radical (unpaired) electrons. The third-order valence-corrected chi connectivity index (χ3v) is 3.65. The van der Waals surface area contributed by atoms with Crippen molar-refractivity contribution in [1.29, 1.82) is 0 Å². The summed E-state index contributed by atoms with van der Waals surface area (Å²) in [5.41, 5.74) is 1.69. The Morgan fingerprint density at radius 1 is 1.23 bits per heavy atom. The van der Waals surface area contributed by atoms with Gasteiger partial charge in [-0.2, -0.15) is 0 Å². The lowest BCUT2D eigenvalue weighted by atomic mass is 9.97.